The molecule has 0 atom stereocenters. The van der Waals surface area contributed by atoms with E-state index in [2.05, 4.69) is 38.5 Å². The van der Waals surface area contributed by atoms with E-state index in [1.54, 1.807) is 31.4 Å². The molecule has 6 heteroatoms. The van der Waals surface area contributed by atoms with E-state index in [9.17, 15) is 0 Å². The molecule has 2 rings (SSSR count). The van der Waals surface area contributed by atoms with Gasteiger partial charge in [0, 0.05) is 19.2 Å². The zero-order valence-electron chi connectivity index (χ0n) is 12.9. The number of nitriles is 1. The molecule has 0 aliphatic rings. The Labute approximate surface area is 135 Å². The molecule has 23 heavy (non-hydrogen) atoms. The van der Waals surface area contributed by atoms with Gasteiger partial charge in [0.05, 0.1) is 23.4 Å². The van der Waals surface area contributed by atoms with Crippen LogP contribution in [0.3, 0.4) is 0 Å². The van der Waals surface area contributed by atoms with Crippen LogP contribution in [0.15, 0.2) is 30.5 Å². The SMILES string of the molecule is CNc1nc(Nc2cccc(C#N)c2)ncc1C#CCCCN. The van der Waals surface area contributed by atoms with Crippen LogP contribution >= 0.6 is 0 Å². The summed E-state index contributed by atoms with van der Waals surface area (Å²) >= 11 is 0. The molecule has 0 amide bonds. The van der Waals surface area contributed by atoms with Gasteiger partial charge in [-0.3, -0.25) is 0 Å². The average molecular weight is 306 g/mol. The van der Waals surface area contributed by atoms with Crippen LogP contribution in [0, 0.1) is 23.2 Å². The third-order valence-corrected chi connectivity index (χ3v) is 3.00. The highest BCUT2D eigenvalue weighted by molar-refractivity contribution is 5.60. The van der Waals surface area contributed by atoms with E-state index in [-0.39, 0.29) is 0 Å². The number of rotatable bonds is 5. The molecule has 0 aliphatic carbocycles. The lowest BCUT2D eigenvalue weighted by molar-refractivity contribution is 0.870. The number of anilines is 3. The minimum absolute atomic E-state index is 0.442. The van der Waals surface area contributed by atoms with E-state index in [1.807, 2.05) is 6.07 Å². The molecule has 6 nitrogen and oxygen atoms in total. The van der Waals surface area contributed by atoms with Gasteiger partial charge in [-0.05, 0) is 31.2 Å². The number of nitrogens with one attached hydrogen (secondary N) is 2. The van der Waals surface area contributed by atoms with Crippen molar-refractivity contribution in [1.29, 1.82) is 5.26 Å². The van der Waals surface area contributed by atoms with Crippen molar-refractivity contribution in [3.05, 3.63) is 41.6 Å². The minimum atomic E-state index is 0.442. The zero-order valence-corrected chi connectivity index (χ0v) is 12.9. The molecule has 0 saturated heterocycles. The van der Waals surface area contributed by atoms with Gasteiger partial charge in [-0.25, -0.2) is 4.98 Å². The Morgan fingerprint density at radius 1 is 1.35 bits per heavy atom. The lowest BCUT2D eigenvalue weighted by Crippen LogP contribution is -2.03. The Morgan fingerprint density at radius 3 is 2.96 bits per heavy atom. The molecular formula is C17H18N6. The number of nitrogens with zero attached hydrogens (tertiary/aromatic N) is 3. The maximum absolute atomic E-state index is 8.93. The topological polar surface area (TPSA) is 99.6 Å². The van der Waals surface area contributed by atoms with Gasteiger partial charge in [0.1, 0.15) is 5.82 Å². The normalized spacial score (nSPS) is 9.43. The van der Waals surface area contributed by atoms with E-state index in [0.29, 0.717) is 23.9 Å². The average Bonchev–Trinajstić information content (AvgIpc) is 2.59. The van der Waals surface area contributed by atoms with E-state index in [4.69, 9.17) is 11.0 Å². The van der Waals surface area contributed by atoms with E-state index >= 15 is 0 Å². The highest BCUT2D eigenvalue weighted by Gasteiger charge is 2.05. The summed E-state index contributed by atoms with van der Waals surface area (Å²) in [4.78, 5) is 8.66. The highest BCUT2D eigenvalue weighted by atomic mass is 15.1. The maximum Gasteiger partial charge on any atom is 0.229 e. The van der Waals surface area contributed by atoms with Crippen molar-refractivity contribution in [1.82, 2.24) is 9.97 Å². The minimum Gasteiger partial charge on any atom is -0.372 e. The van der Waals surface area contributed by atoms with Crippen LogP contribution in [0.5, 0.6) is 0 Å². The second-order valence-electron chi connectivity index (χ2n) is 4.72. The van der Waals surface area contributed by atoms with Crippen molar-refractivity contribution in [3.63, 3.8) is 0 Å². The number of unbranched alkanes of at least 4 members (excludes halogenated alkanes) is 1. The number of benzene rings is 1. The summed E-state index contributed by atoms with van der Waals surface area (Å²) in [5, 5.41) is 15.0. The first-order valence-corrected chi connectivity index (χ1v) is 7.27. The number of nitrogens with two attached hydrogens (primary N) is 1. The zero-order chi connectivity index (χ0) is 16.5. The van der Waals surface area contributed by atoms with Crippen molar-refractivity contribution >= 4 is 17.5 Å². The first-order chi connectivity index (χ1) is 11.3. The molecular weight excluding hydrogens is 288 g/mol. The molecule has 0 unspecified atom stereocenters. The molecule has 1 aromatic carbocycles. The van der Waals surface area contributed by atoms with Crippen LogP contribution in [0.4, 0.5) is 17.5 Å². The van der Waals surface area contributed by atoms with Gasteiger partial charge in [-0.15, -0.1) is 0 Å². The van der Waals surface area contributed by atoms with Crippen LogP contribution in [-0.2, 0) is 0 Å². The quantitative estimate of drug-likeness (QED) is 0.578. The van der Waals surface area contributed by atoms with Crippen LogP contribution in [-0.4, -0.2) is 23.6 Å². The summed E-state index contributed by atoms with van der Waals surface area (Å²) in [6, 6.07) is 9.23. The molecule has 0 bridgehead atoms. The second-order valence-corrected chi connectivity index (χ2v) is 4.72. The van der Waals surface area contributed by atoms with Crippen LogP contribution in [0.1, 0.15) is 24.0 Å². The van der Waals surface area contributed by atoms with Gasteiger partial charge in [-0.2, -0.15) is 10.2 Å². The Kier molecular flexibility index (Phi) is 5.93. The Balaban J connectivity index is 2.17. The van der Waals surface area contributed by atoms with E-state index < -0.39 is 0 Å². The molecule has 2 aromatic rings. The fourth-order valence-corrected chi connectivity index (χ4v) is 1.87. The summed E-state index contributed by atoms with van der Waals surface area (Å²) in [6.07, 6.45) is 3.29. The fourth-order valence-electron chi connectivity index (χ4n) is 1.87. The van der Waals surface area contributed by atoms with Gasteiger partial charge in [-0.1, -0.05) is 17.9 Å². The molecule has 0 saturated carbocycles. The first kappa shape index (κ1) is 16.3. The van der Waals surface area contributed by atoms with Crippen molar-refractivity contribution in [2.45, 2.75) is 12.8 Å². The van der Waals surface area contributed by atoms with Crippen LogP contribution in [0.2, 0.25) is 0 Å². The summed E-state index contributed by atoms with van der Waals surface area (Å²) in [6.45, 7) is 0.634. The third-order valence-electron chi connectivity index (χ3n) is 3.00. The lowest BCUT2D eigenvalue weighted by atomic mass is 10.2. The Bertz CT molecular complexity index is 767. The molecule has 1 heterocycles. The molecule has 0 radical (unpaired) electrons. The number of aromatic nitrogens is 2. The molecule has 4 N–H and O–H groups in total. The summed E-state index contributed by atoms with van der Waals surface area (Å²) in [5.41, 5.74) is 7.51. The largest absolute Gasteiger partial charge is 0.372 e. The number of hydrogen-bond acceptors (Lipinski definition) is 6. The monoisotopic (exact) mass is 306 g/mol. The molecule has 0 spiro atoms. The van der Waals surface area contributed by atoms with Gasteiger partial charge < -0.3 is 16.4 Å². The van der Waals surface area contributed by atoms with Crippen molar-refractivity contribution in [2.75, 3.05) is 24.2 Å². The second kappa shape index (κ2) is 8.38. The smallest absolute Gasteiger partial charge is 0.229 e. The molecule has 0 aliphatic heterocycles. The maximum atomic E-state index is 8.93. The van der Waals surface area contributed by atoms with Gasteiger partial charge in [0.15, 0.2) is 0 Å². The Hall–Kier alpha value is -3.09. The Morgan fingerprint density at radius 2 is 2.22 bits per heavy atom. The van der Waals surface area contributed by atoms with Crippen LogP contribution < -0.4 is 16.4 Å². The third kappa shape index (κ3) is 4.70. The fraction of sp³-hybridized carbons (Fsp3) is 0.235. The van der Waals surface area contributed by atoms with Crippen LogP contribution in [0.25, 0.3) is 0 Å². The lowest BCUT2D eigenvalue weighted by Gasteiger charge is -2.08. The summed E-state index contributed by atoms with van der Waals surface area (Å²) in [7, 11) is 1.79. The molecule has 0 fully saturated rings. The summed E-state index contributed by atoms with van der Waals surface area (Å²) in [5.74, 6) is 7.19. The van der Waals surface area contributed by atoms with Gasteiger partial charge in [0.25, 0.3) is 0 Å². The summed E-state index contributed by atoms with van der Waals surface area (Å²) < 4.78 is 0. The van der Waals surface area contributed by atoms with E-state index in [0.717, 1.165) is 24.1 Å². The highest BCUT2D eigenvalue weighted by Crippen LogP contribution is 2.17. The van der Waals surface area contributed by atoms with Crippen molar-refractivity contribution in [3.8, 4) is 17.9 Å². The first-order valence-electron chi connectivity index (χ1n) is 7.27. The molecule has 1 aromatic heterocycles. The van der Waals surface area contributed by atoms with Gasteiger partial charge >= 0.3 is 0 Å². The predicted molar refractivity (Wildman–Crippen MR) is 91.2 cm³/mol. The standard InChI is InChI=1S/C17H18N6/c1-20-16-14(7-3-2-4-9-18)12-21-17(23-16)22-15-8-5-6-13(10-15)11-19/h5-6,8,10,12H,2,4,9,18H2,1H3,(H2,20,21,22,23). The molecule has 116 valence electrons. The van der Waals surface area contributed by atoms with E-state index in [1.165, 1.54) is 0 Å². The van der Waals surface area contributed by atoms with Crippen molar-refractivity contribution in [2.24, 2.45) is 5.73 Å². The van der Waals surface area contributed by atoms with Gasteiger partial charge in [0.2, 0.25) is 5.95 Å². The number of hydrogen-bond donors (Lipinski definition) is 3. The predicted octanol–water partition coefficient (Wildman–Crippen LogP) is 2.22. The van der Waals surface area contributed by atoms with Crippen molar-refractivity contribution < 1.29 is 0 Å².